The van der Waals surface area contributed by atoms with E-state index >= 15 is 0 Å². The van der Waals surface area contributed by atoms with Crippen LogP contribution in [0.1, 0.15) is 6.92 Å². The fourth-order valence-electron chi connectivity index (χ4n) is 1.93. The van der Waals surface area contributed by atoms with Crippen molar-refractivity contribution in [1.82, 2.24) is 9.97 Å². The van der Waals surface area contributed by atoms with Crippen molar-refractivity contribution in [3.05, 3.63) is 12.4 Å². The summed E-state index contributed by atoms with van der Waals surface area (Å²) in [6.07, 6.45) is 1.92. The van der Waals surface area contributed by atoms with Gasteiger partial charge < -0.3 is 14.4 Å². The molecule has 6 heteroatoms. The molecule has 2 heterocycles. The summed E-state index contributed by atoms with van der Waals surface area (Å²) in [6, 6.07) is 1.85. The summed E-state index contributed by atoms with van der Waals surface area (Å²) in [5, 5.41) is 0.829. The summed E-state index contributed by atoms with van der Waals surface area (Å²) >= 11 is 3.46. The van der Waals surface area contributed by atoms with E-state index in [1.54, 1.807) is 7.11 Å². The quantitative estimate of drug-likeness (QED) is 0.791. The monoisotopic (exact) mass is 301 g/mol. The van der Waals surface area contributed by atoms with Crippen LogP contribution in [0.3, 0.4) is 0 Å². The molecule has 2 atom stereocenters. The molecule has 0 N–H and O–H groups in total. The molecular formula is C11H16BrN3O2. The van der Waals surface area contributed by atoms with E-state index in [0.717, 1.165) is 24.2 Å². The van der Waals surface area contributed by atoms with Gasteiger partial charge in [0, 0.05) is 24.5 Å². The Bertz CT molecular complexity index is 377. The van der Waals surface area contributed by atoms with Gasteiger partial charge in [0.25, 0.3) is 0 Å². The first-order chi connectivity index (χ1) is 8.22. The Balaban J connectivity index is 2.14. The Morgan fingerprint density at radius 3 is 3.06 bits per heavy atom. The molecule has 0 bridgehead atoms. The van der Waals surface area contributed by atoms with Gasteiger partial charge in [0.05, 0.1) is 19.3 Å². The van der Waals surface area contributed by atoms with E-state index in [-0.39, 0.29) is 12.2 Å². The molecule has 5 nitrogen and oxygen atoms in total. The molecule has 1 fully saturated rings. The first-order valence-corrected chi connectivity index (χ1v) is 6.67. The van der Waals surface area contributed by atoms with E-state index in [4.69, 9.17) is 9.47 Å². The second kappa shape index (κ2) is 5.64. The Labute approximate surface area is 109 Å². The predicted molar refractivity (Wildman–Crippen MR) is 68.9 cm³/mol. The number of halogens is 1. The number of hydrogen-bond donors (Lipinski definition) is 0. The van der Waals surface area contributed by atoms with E-state index in [9.17, 15) is 0 Å². The second-order valence-electron chi connectivity index (χ2n) is 4.05. The van der Waals surface area contributed by atoms with Gasteiger partial charge in [-0.3, -0.25) is 0 Å². The zero-order valence-electron chi connectivity index (χ0n) is 9.97. The first kappa shape index (κ1) is 12.6. The average Bonchev–Trinajstić information content (AvgIpc) is 2.38. The predicted octanol–water partition coefficient (Wildman–Crippen LogP) is 1.47. The molecule has 1 aliphatic rings. The van der Waals surface area contributed by atoms with Crippen molar-refractivity contribution in [2.45, 2.75) is 19.1 Å². The number of ether oxygens (including phenoxy) is 2. The lowest BCUT2D eigenvalue weighted by Crippen LogP contribution is -2.47. The van der Waals surface area contributed by atoms with Crippen molar-refractivity contribution in [3.63, 3.8) is 0 Å². The summed E-state index contributed by atoms with van der Waals surface area (Å²) in [6.45, 7) is 3.74. The van der Waals surface area contributed by atoms with Crippen molar-refractivity contribution in [3.8, 4) is 5.88 Å². The molecule has 17 heavy (non-hydrogen) atoms. The number of rotatable bonds is 3. The zero-order valence-corrected chi connectivity index (χ0v) is 11.6. The van der Waals surface area contributed by atoms with Crippen LogP contribution >= 0.6 is 15.9 Å². The maximum Gasteiger partial charge on any atom is 0.218 e. The molecule has 1 aromatic rings. The number of morpholine rings is 1. The highest BCUT2D eigenvalue weighted by molar-refractivity contribution is 9.09. The van der Waals surface area contributed by atoms with E-state index in [0.29, 0.717) is 5.88 Å². The third kappa shape index (κ3) is 3.07. The number of alkyl halides is 1. The van der Waals surface area contributed by atoms with E-state index < -0.39 is 0 Å². The minimum atomic E-state index is 0.194. The number of methoxy groups -OCH3 is 1. The van der Waals surface area contributed by atoms with Gasteiger partial charge >= 0.3 is 0 Å². The van der Waals surface area contributed by atoms with E-state index in [1.165, 1.54) is 6.33 Å². The van der Waals surface area contributed by atoms with Gasteiger partial charge in [-0.25, -0.2) is 9.97 Å². The zero-order chi connectivity index (χ0) is 12.3. The third-order valence-electron chi connectivity index (χ3n) is 2.66. The van der Waals surface area contributed by atoms with Crippen LogP contribution in [-0.2, 0) is 4.74 Å². The third-order valence-corrected chi connectivity index (χ3v) is 3.38. The number of nitrogens with zero attached hydrogens (tertiary/aromatic N) is 3. The van der Waals surface area contributed by atoms with Crippen LogP contribution in [0.4, 0.5) is 5.82 Å². The minimum absolute atomic E-state index is 0.194. The van der Waals surface area contributed by atoms with Gasteiger partial charge in [-0.1, -0.05) is 15.9 Å². The Kier molecular flexibility index (Phi) is 4.17. The highest BCUT2D eigenvalue weighted by Gasteiger charge is 2.25. The maximum absolute atomic E-state index is 5.78. The summed E-state index contributed by atoms with van der Waals surface area (Å²) in [4.78, 5) is 10.5. The largest absolute Gasteiger partial charge is 0.481 e. The number of aromatic nitrogens is 2. The molecule has 2 unspecified atom stereocenters. The van der Waals surface area contributed by atoms with Gasteiger partial charge in [0.15, 0.2) is 0 Å². The van der Waals surface area contributed by atoms with Crippen LogP contribution in [0.15, 0.2) is 12.4 Å². The molecule has 0 aromatic carbocycles. The van der Waals surface area contributed by atoms with Crippen LogP contribution in [0.25, 0.3) is 0 Å². The van der Waals surface area contributed by atoms with Crippen molar-refractivity contribution in [2.24, 2.45) is 0 Å². The highest BCUT2D eigenvalue weighted by Crippen LogP contribution is 2.21. The van der Waals surface area contributed by atoms with Crippen LogP contribution in [-0.4, -0.2) is 47.7 Å². The summed E-state index contributed by atoms with van der Waals surface area (Å²) in [7, 11) is 1.61. The molecule has 2 rings (SSSR count). The van der Waals surface area contributed by atoms with E-state index in [1.807, 2.05) is 6.07 Å². The second-order valence-corrected chi connectivity index (χ2v) is 4.69. The van der Waals surface area contributed by atoms with Gasteiger partial charge in [0.1, 0.15) is 12.1 Å². The lowest BCUT2D eigenvalue weighted by atomic mass is 10.2. The minimum Gasteiger partial charge on any atom is -0.481 e. The fourth-order valence-corrected chi connectivity index (χ4v) is 2.29. The van der Waals surface area contributed by atoms with Crippen LogP contribution < -0.4 is 9.64 Å². The molecule has 94 valence electrons. The Hall–Kier alpha value is -0.880. The summed E-state index contributed by atoms with van der Waals surface area (Å²) in [5.41, 5.74) is 0. The fraction of sp³-hybridized carbons (Fsp3) is 0.636. The van der Waals surface area contributed by atoms with Gasteiger partial charge in [-0.15, -0.1) is 0 Å². The average molecular weight is 302 g/mol. The Morgan fingerprint density at radius 2 is 2.35 bits per heavy atom. The molecule has 0 saturated carbocycles. The van der Waals surface area contributed by atoms with Gasteiger partial charge in [0.2, 0.25) is 5.88 Å². The lowest BCUT2D eigenvalue weighted by Gasteiger charge is -2.36. The summed E-state index contributed by atoms with van der Waals surface area (Å²) < 4.78 is 10.9. The molecule has 0 amide bonds. The van der Waals surface area contributed by atoms with Crippen LogP contribution in [0, 0.1) is 0 Å². The smallest absolute Gasteiger partial charge is 0.218 e. The normalized spacial score (nSPS) is 24.8. The molecule has 1 aromatic heterocycles. The molecule has 1 aliphatic heterocycles. The van der Waals surface area contributed by atoms with Gasteiger partial charge in [-0.05, 0) is 6.92 Å². The Morgan fingerprint density at radius 1 is 1.53 bits per heavy atom. The van der Waals surface area contributed by atoms with Crippen molar-refractivity contribution in [1.29, 1.82) is 0 Å². The maximum atomic E-state index is 5.78. The summed E-state index contributed by atoms with van der Waals surface area (Å²) in [5.74, 6) is 1.47. The molecule has 0 spiro atoms. The molecular weight excluding hydrogens is 286 g/mol. The highest BCUT2D eigenvalue weighted by atomic mass is 79.9. The molecule has 0 radical (unpaired) electrons. The number of anilines is 1. The lowest BCUT2D eigenvalue weighted by molar-refractivity contribution is -0.00225. The van der Waals surface area contributed by atoms with Crippen LogP contribution in [0.5, 0.6) is 5.88 Å². The SMILES string of the molecule is COc1cc(N2CC(C)OC(CBr)C2)ncn1. The topological polar surface area (TPSA) is 47.5 Å². The number of hydrogen-bond acceptors (Lipinski definition) is 5. The van der Waals surface area contributed by atoms with Crippen molar-refractivity contribution >= 4 is 21.7 Å². The van der Waals surface area contributed by atoms with E-state index in [2.05, 4.69) is 37.7 Å². The van der Waals surface area contributed by atoms with Gasteiger partial charge in [-0.2, -0.15) is 0 Å². The first-order valence-electron chi connectivity index (χ1n) is 5.55. The van der Waals surface area contributed by atoms with Crippen molar-refractivity contribution in [2.75, 3.05) is 30.4 Å². The molecule has 0 aliphatic carbocycles. The van der Waals surface area contributed by atoms with Crippen molar-refractivity contribution < 1.29 is 9.47 Å². The molecule has 1 saturated heterocycles. The standard InChI is InChI=1S/C11H16BrN3O2/c1-8-5-15(6-9(4-12)17-8)10-3-11(16-2)14-7-13-10/h3,7-9H,4-6H2,1-2H3. The van der Waals surface area contributed by atoms with Crippen LogP contribution in [0.2, 0.25) is 0 Å².